The second kappa shape index (κ2) is 9.96. The van der Waals surface area contributed by atoms with Crippen LogP contribution in [0.25, 0.3) is 0 Å². The average molecular weight is 164 g/mol. The van der Waals surface area contributed by atoms with E-state index in [9.17, 15) is 0 Å². The minimum atomic E-state index is 1.17. The van der Waals surface area contributed by atoms with Crippen LogP contribution in [-0.4, -0.2) is 0 Å². The Balaban J connectivity index is 0. The molecular formula is C12H20. The Labute approximate surface area is 77.0 Å². The highest BCUT2D eigenvalue weighted by Gasteiger charge is 1.76. The molecule has 0 aromatic rings. The zero-order valence-electron chi connectivity index (χ0n) is 8.72. The van der Waals surface area contributed by atoms with Crippen LogP contribution in [-0.2, 0) is 0 Å². The highest BCUT2D eigenvalue weighted by atomic mass is 13.8. The van der Waals surface area contributed by atoms with Crippen molar-refractivity contribution >= 4 is 0 Å². The van der Waals surface area contributed by atoms with Crippen molar-refractivity contribution in [1.29, 1.82) is 0 Å². The van der Waals surface area contributed by atoms with E-state index in [2.05, 4.69) is 13.2 Å². The third-order valence-corrected chi connectivity index (χ3v) is 1.25. The third-order valence-electron chi connectivity index (χ3n) is 1.25. The fourth-order valence-electron chi connectivity index (χ4n) is 0.399. The van der Waals surface area contributed by atoms with E-state index in [1.165, 1.54) is 11.1 Å². The molecule has 0 aliphatic carbocycles. The van der Waals surface area contributed by atoms with E-state index in [1.54, 1.807) is 0 Å². The second-order valence-electron chi connectivity index (χ2n) is 2.23. The van der Waals surface area contributed by atoms with E-state index in [0.717, 1.165) is 0 Å². The van der Waals surface area contributed by atoms with Gasteiger partial charge in [0.05, 0.1) is 0 Å². The zero-order chi connectivity index (χ0) is 9.98. The van der Waals surface area contributed by atoms with E-state index in [0.29, 0.717) is 0 Å². The van der Waals surface area contributed by atoms with Gasteiger partial charge in [-0.2, -0.15) is 0 Å². The van der Waals surface area contributed by atoms with Gasteiger partial charge in [-0.1, -0.05) is 62.5 Å². The Bertz CT molecular complexity index is 158. The lowest BCUT2D eigenvalue weighted by Gasteiger charge is -1.87. The maximum atomic E-state index is 3.64. The molecule has 0 aliphatic heterocycles. The van der Waals surface area contributed by atoms with Crippen LogP contribution < -0.4 is 0 Å². The van der Waals surface area contributed by atoms with Crippen molar-refractivity contribution in [2.24, 2.45) is 0 Å². The molecule has 0 saturated carbocycles. The largest absolute Gasteiger partial charge is 0.0988 e. The predicted octanol–water partition coefficient (Wildman–Crippen LogP) is 4.28. The van der Waals surface area contributed by atoms with Crippen LogP contribution in [0.2, 0.25) is 0 Å². The lowest BCUT2D eigenvalue weighted by Crippen LogP contribution is -1.66. The molecule has 0 spiro atoms. The number of rotatable bonds is 3. The van der Waals surface area contributed by atoms with Crippen molar-refractivity contribution in [3.05, 3.63) is 48.6 Å². The first-order chi connectivity index (χ1) is 5.70. The highest BCUT2D eigenvalue weighted by Crippen LogP contribution is 1.97. The molecule has 0 amide bonds. The molecule has 0 rings (SSSR count). The molecule has 0 atom stereocenters. The van der Waals surface area contributed by atoms with Crippen molar-refractivity contribution in [3.63, 3.8) is 0 Å². The van der Waals surface area contributed by atoms with Gasteiger partial charge in [-0.25, -0.2) is 0 Å². The van der Waals surface area contributed by atoms with Gasteiger partial charge in [0.15, 0.2) is 0 Å². The molecule has 0 radical (unpaired) electrons. The lowest BCUT2D eigenvalue weighted by molar-refractivity contribution is 1.49. The summed E-state index contributed by atoms with van der Waals surface area (Å²) in [5.41, 5.74) is 2.34. The van der Waals surface area contributed by atoms with E-state index >= 15 is 0 Å². The van der Waals surface area contributed by atoms with Gasteiger partial charge in [-0.15, -0.1) is 0 Å². The molecule has 0 bridgehead atoms. The van der Waals surface area contributed by atoms with Crippen LogP contribution in [0.3, 0.4) is 0 Å². The number of hydrogen-bond acceptors (Lipinski definition) is 0. The quantitative estimate of drug-likeness (QED) is 0.546. The summed E-state index contributed by atoms with van der Waals surface area (Å²) in [6.45, 7) is 15.3. The molecule has 12 heavy (non-hydrogen) atoms. The topological polar surface area (TPSA) is 0 Å². The first-order valence-corrected chi connectivity index (χ1v) is 4.30. The molecule has 0 aliphatic rings. The molecule has 0 N–H and O–H groups in total. The normalized spacial score (nSPS) is 11.3. The van der Waals surface area contributed by atoms with Gasteiger partial charge in [0.1, 0.15) is 0 Å². The SMILES string of the molecule is C=C/C(C)=C\C=C(\C)C=C.CC. The zero-order valence-corrected chi connectivity index (χ0v) is 8.72. The van der Waals surface area contributed by atoms with Crippen molar-refractivity contribution in [2.75, 3.05) is 0 Å². The summed E-state index contributed by atoms with van der Waals surface area (Å²) in [5, 5.41) is 0. The van der Waals surface area contributed by atoms with Crippen molar-refractivity contribution in [1.82, 2.24) is 0 Å². The highest BCUT2D eigenvalue weighted by molar-refractivity contribution is 5.25. The van der Waals surface area contributed by atoms with Crippen LogP contribution in [0.4, 0.5) is 0 Å². The summed E-state index contributed by atoms with van der Waals surface area (Å²) in [5.74, 6) is 0. The molecular weight excluding hydrogens is 144 g/mol. The molecule has 0 unspecified atom stereocenters. The fraction of sp³-hybridized carbons (Fsp3) is 0.333. The first-order valence-electron chi connectivity index (χ1n) is 4.30. The summed E-state index contributed by atoms with van der Waals surface area (Å²) in [6.07, 6.45) is 7.69. The van der Waals surface area contributed by atoms with Crippen LogP contribution >= 0.6 is 0 Å². The van der Waals surface area contributed by atoms with Gasteiger partial charge in [0.25, 0.3) is 0 Å². The molecule has 0 fully saturated rings. The van der Waals surface area contributed by atoms with Crippen LogP contribution in [0.5, 0.6) is 0 Å². The van der Waals surface area contributed by atoms with Gasteiger partial charge in [0, 0.05) is 0 Å². The van der Waals surface area contributed by atoms with Gasteiger partial charge in [-0.05, 0) is 13.8 Å². The Kier molecular flexibility index (Phi) is 11.2. The van der Waals surface area contributed by atoms with Crippen LogP contribution in [0.1, 0.15) is 27.7 Å². The fourth-order valence-corrected chi connectivity index (χ4v) is 0.399. The minimum absolute atomic E-state index is 1.17. The molecule has 0 saturated heterocycles. The third kappa shape index (κ3) is 8.96. The standard InChI is InChI=1S/C10H14.C2H6/c1-5-9(3)7-8-10(4)6-2;1-2/h5-8H,1-2H2,3-4H3;1-2H3/b9-7-,10-8-;. The lowest BCUT2D eigenvalue weighted by atomic mass is 10.2. The average Bonchev–Trinajstić information content (AvgIpc) is 2.16. The Hall–Kier alpha value is -1.04. The number of allylic oxidation sites excluding steroid dienone is 6. The monoisotopic (exact) mass is 164 g/mol. The van der Waals surface area contributed by atoms with E-state index in [1.807, 2.05) is 52.0 Å². The summed E-state index contributed by atoms with van der Waals surface area (Å²) in [7, 11) is 0. The van der Waals surface area contributed by atoms with E-state index in [4.69, 9.17) is 0 Å². The molecule has 0 heterocycles. The Morgan fingerprint density at radius 3 is 1.25 bits per heavy atom. The van der Waals surface area contributed by atoms with Crippen molar-refractivity contribution in [2.45, 2.75) is 27.7 Å². The van der Waals surface area contributed by atoms with Crippen LogP contribution in [0, 0.1) is 0 Å². The van der Waals surface area contributed by atoms with Gasteiger partial charge in [0.2, 0.25) is 0 Å². The maximum absolute atomic E-state index is 3.64. The van der Waals surface area contributed by atoms with Gasteiger partial charge >= 0.3 is 0 Å². The van der Waals surface area contributed by atoms with Crippen LogP contribution in [0.15, 0.2) is 48.6 Å². The molecule has 0 aromatic carbocycles. The summed E-state index contributed by atoms with van der Waals surface area (Å²) < 4.78 is 0. The maximum Gasteiger partial charge on any atom is -0.0398 e. The minimum Gasteiger partial charge on any atom is -0.0988 e. The molecule has 0 heteroatoms. The Morgan fingerprint density at radius 2 is 1.08 bits per heavy atom. The summed E-state index contributed by atoms with van der Waals surface area (Å²) >= 11 is 0. The summed E-state index contributed by atoms with van der Waals surface area (Å²) in [4.78, 5) is 0. The van der Waals surface area contributed by atoms with Gasteiger partial charge in [-0.3, -0.25) is 0 Å². The smallest absolute Gasteiger partial charge is 0.0398 e. The first kappa shape index (κ1) is 13.5. The van der Waals surface area contributed by atoms with Crippen molar-refractivity contribution < 1.29 is 0 Å². The van der Waals surface area contributed by atoms with Crippen molar-refractivity contribution in [3.8, 4) is 0 Å². The molecule has 0 aromatic heterocycles. The predicted molar refractivity (Wildman–Crippen MR) is 59.3 cm³/mol. The Morgan fingerprint density at radius 1 is 0.833 bits per heavy atom. The number of hydrogen-bond donors (Lipinski definition) is 0. The summed E-state index contributed by atoms with van der Waals surface area (Å²) in [6, 6.07) is 0. The van der Waals surface area contributed by atoms with E-state index < -0.39 is 0 Å². The molecule has 0 nitrogen and oxygen atoms in total. The van der Waals surface area contributed by atoms with Gasteiger partial charge < -0.3 is 0 Å². The molecule has 68 valence electrons. The second-order valence-corrected chi connectivity index (χ2v) is 2.23. The van der Waals surface area contributed by atoms with E-state index in [-0.39, 0.29) is 0 Å².